The molecule has 0 saturated carbocycles. The first-order valence-electron chi connectivity index (χ1n) is 12.5. The van der Waals surface area contributed by atoms with Gasteiger partial charge in [0.15, 0.2) is 0 Å². The van der Waals surface area contributed by atoms with Crippen molar-refractivity contribution in [3.05, 3.63) is 95.3 Å². The summed E-state index contributed by atoms with van der Waals surface area (Å²) in [5, 5.41) is 11.4. The van der Waals surface area contributed by atoms with Gasteiger partial charge >= 0.3 is 5.97 Å². The molecule has 1 N–H and O–H groups in total. The average molecular weight is 515 g/mol. The molecular formula is C30H30N2O6. The van der Waals surface area contributed by atoms with Crippen molar-refractivity contribution in [2.45, 2.75) is 33.2 Å². The molecule has 2 heterocycles. The molecule has 0 radical (unpaired) electrons. The minimum absolute atomic E-state index is 0.0298. The van der Waals surface area contributed by atoms with Gasteiger partial charge in [0.05, 0.1) is 31.2 Å². The summed E-state index contributed by atoms with van der Waals surface area (Å²) < 4.78 is 10.8. The number of Topliss-reactive ketones (excluding diaryl/α,β-unsaturated/α-hetero) is 1. The molecule has 1 atom stereocenters. The van der Waals surface area contributed by atoms with Crippen LogP contribution in [0.4, 0.5) is 5.69 Å². The number of aromatic nitrogens is 1. The summed E-state index contributed by atoms with van der Waals surface area (Å²) in [7, 11) is 0. The maximum absolute atomic E-state index is 13.4. The lowest BCUT2D eigenvalue weighted by Gasteiger charge is -2.25. The van der Waals surface area contributed by atoms with E-state index >= 15 is 0 Å². The maximum atomic E-state index is 13.4. The zero-order valence-electron chi connectivity index (χ0n) is 21.6. The van der Waals surface area contributed by atoms with E-state index in [1.54, 1.807) is 80.0 Å². The number of esters is 1. The molecule has 1 unspecified atom stereocenters. The third kappa shape index (κ3) is 5.75. The van der Waals surface area contributed by atoms with Crippen molar-refractivity contribution in [3.8, 4) is 5.75 Å². The number of hydrogen-bond donors (Lipinski definition) is 1. The van der Waals surface area contributed by atoms with Crippen molar-refractivity contribution in [1.29, 1.82) is 0 Å². The fraction of sp³-hybridized carbons (Fsp3) is 0.267. The number of benzene rings is 2. The number of amides is 1. The number of ether oxygens (including phenoxy) is 2. The second-order valence-electron chi connectivity index (χ2n) is 9.33. The monoisotopic (exact) mass is 514 g/mol. The third-order valence-corrected chi connectivity index (χ3v) is 6.03. The van der Waals surface area contributed by atoms with Crippen LogP contribution in [0.3, 0.4) is 0 Å². The third-order valence-electron chi connectivity index (χ3n) is 6.03. The summed E-state index contributed by atoms with van der Waals surface area (Å²) in [6.45, 7) is 6.59. The van der Waals surface area contributed by atoms with E-state index in [-0.39, 0.29) is 23.7 Å². The second-order valence-corrected chi connectivity index (χ2v) is 9.33. The van der Waals surface area contributed by atoms with E-state index in [1.165, 1.54) is 4.90 Å². The molecule has 0 aliphatic carbocycles. The first-order valence-corrected chi connectivity index (χ1v) is 12.5. The fourth-order valence-electron chi connectivity index (χ4n) is 4.26. The van der Waals surface area contributed by atoms with Gasteiger partial charge in [-0.1, -0.05) is 38.1 Å². The number of anilines is 1. The quantitative estimate of drug-likeness (QED) is 0.188. The van der Waals surface area contributed by atoms with E-state index in [0.717, 1.165) is 0 Å². The van der Waals surface area contributed by atoms with Gasteiger partial charge in [0.25, 0.3) is 11.7 Å². The molecule has 1 saturated heterocycles. The first kappa shape index (κ1) is 26.6. The lowest BCUT2D eigenvalue weighted by Crippen LogP contribution is -2.29. The van der Waals surface area contributed by atoms with Gasteiger partial charge in [0.1, 0.15) is 11.5 Å². The molecular weight excluding hydrogens is 484 g/mol. The minimum atomic E-state index is -0.880. The maximum Gasteiger partial charge on any atom is 0.310 e. The topological polar surface area (TPSA) is 106 Å². The van der Waals surface area contributed by atoms with Gasteiger partial charge in [0, 0.05) is 23.6 Å². The molecule has 8 heteroatoms. The van der Waals surface area contributed by atoms with Crippen molar-refractivity contribution >= 4 is 29.1 Å². The number of carbonyl (C=O) groups is 3. The Morgan fingerprint density at radius 1 is 1.05 bits per heavy atom. The highest BCUT2D eigenvalue weighted by atomic mass is 16.5. The van der Waals surface area contributed by atoms with E-state index in [4.69, 9.17) is 9.47 Å². The molecule has 38 heavy (non-hydrogen) atoms. The second kappa shape index (κ2) is 11.7. The molecule has 4 rings (SSSR count). The Kier molecular flexibility index (Phi) is 8.21. The summed E-state index contributed by atoms with van der Waals surface area (Å²) in [5.74, 6) is -1.34. The number of carbonyl (C=O) groups excluding carboxylic acids is 3. The smallest absolute Gasteiger partial charge is 0.310 e. The Bertz CT molecular complexity index is 1350. The van der Waals surface area contributed by atoms with Gasteiger partial charge < -0.3 is 14.6 Å². The van der Waals surface area contributed by atoms with Crippen molar-refractivity contribution in [1.82, 2.24) is 4.98 Å². The molecule has 1 amide bonds. The Hall–Kier alpha value is -4.46. The number of ketones is 1. The number of nitrogens with zero attached hydrogens (tertiary/aromatic N) is 2. The van der Waals surface area contributed by atoms with E-state index in [9.17, 15) is 19.5 Å². The highest BCUT2D eigenvalue weighted by molar-refractivity contribution is 6.51. The first-order chi connectivity index (χ1) is 18.3. The number of aliphatic hydroxyl groups is 1. The van der Waals surface area contributed by atoms with Crippen molar-refractivity contribution in [2.24, 2.45) is 5.92 Å². The Morgan fingerprint density at radius 3 is 2.42 bits per heavy atom. The van der Waals surface area contributed by atoms with Gasteiger partial charge in [-0.05, 0) is 60.4 Å². The minimum Gasteiger partial charge on any atom is -0.507 e. The number of rotatable bonds is 9. The van der Waals surface area contributed by atoms with Gasteiger partial charge in [-0.2, -0.15) is 0 Å². The van der Waals surface area contributed by atoms with E-state index in [0.29, 0.717) is 47.3 Å². The zero-order valence-corrected chi connectivity index (χ0v) is 21.6. The standard InChI is InChI=1S/C30H30N2O6/c1-4-37-25(33)16-20-8-10-23(11-9-20)32-27(21-12-14-31-15-13-21)26(29(35)30(32)36)28(34)22-6-5-7-24(17-22)38-18-19(2)3/h5-15,17,19,27,34H,4,16,18H2,1-3H3/b28-26-. The lowest BCUT2D eigenvalue weighted by molar-refractivity contribution is -0.142. The van der Waals surface area contributed by atoms with Crippen molar-refractivity contribution < 1.29 is 29.0 Å². The van der Waals surface area contributed by atoms with E-state index in [2.05, 4.69) is 4.98 Å². The van der Waals surface area contributed by atoms with Crippen LogP contribution in [0.1, 0.15) is 43.5 Å². The summed E-state index contributed by atoms with van der Waals surface area (Å²) in [5.41, 5.74) is 2.12. The van der Waals surface area contributed by atoms with E-state index < -0.39 is 17.7 Å². The molecule has 0 spiro atoms. The van der Waals surface area contributed by atoms with Crippen LogP contribution >= 0.6 is 0 Å². The predicted molar refractivity (Wildman–Crippen MR) is 143 cm³/mol. The highest BCUT2D eigenvalue weighted by Gasteiger charge is 2.47. The van der Waals surface area contributed by atoms with Gasteiger partial charge in [-0.25, -0.2) is 0 Å². The van der Waals surface area contributed by atoms with E-state index in [1.807, 2.05) is 13.8 Å². The van der Waals surface area contributed by atoms with Gasteiger partial charge in [0.2, 0.25) is 0 Å². The SMILES string of the molecule is CCOC(=O)Cc1ccc(N2C(=O)C(=O)/C(=C(\O)c3cccc(OCC(C)C)c3)C2c2ccncc2)cc1. The molecule has 8 nitrogen and oxygen atoms in total. The van der Waals surface area contributed by atoms with Crippen LogP contribution in [-0.2, 0) is 25.5 Å². The van der Waals surface area contributed by atoms with Crippen LogP contribution in [0.25, 0.3) is 5.76 Å². The van der Waals surface area contributed by atoms with Crippen LogP contribution < -0.4 is 9.64 Å². The molecule has 196 valence electrons. The summed E-state index contributed by atoms with van der Waals surface area (Å²) in [4.78, 5) is 44.0. The average Bonchev–Trinajstić information content (AvgIpc) is 3.18. The molecule has 3 aromatic rings. The highest BCUT2D eigenvalue weighted by Crippen LogP contribution is 2.42. The lowest BCUT2D eigenvalue weighted by atomic mass is 9.95. The summed E-state index contributed by atoms with van der Waals surface area (Å²) >= 11 is 0. The number of hydrogen-bond acceptors (Lipinski definition) is 7. The molecule has 1 aliphatic rings. The normalized spacial score (nSPS) is 16.6. The van der Waals surface area contributed by atoms with Crippen LogP contribution in [0.15, 0.2) is 78.6 Å². The molecule has 1 fully saturated rings. The predicted octanol–water partition coefficient (Wildman–Crippen LogP) is 4.85. The Morgan fingerprint density at radius 2 is 1.76 bits per heavy atom. The number of pyridine rings is 1. The largest absolute Gasteiger partial charge is 0.507 e. The fourth-order valence-corrected chi connectivity index (χ4v) is 4.26. The summed E-state index contributed by atoms with van der Waals surface area (Å²) in [6, 6.07) is 16.1. The van der Waals surface area contributed by atoms with Crippen LogP contribution in [0, 0.1) is 5.92 Å². The Balaban J connectivity index is 1.76. The van der Waals surface area contributed by atoms with Gasteiger partial charge in [-0.15, -0.1) is 0 Å². The van der Waals surface area contributed by atoms with Crippen LogP contribution in [0.5, 0.6) is 5.75 Å². The van der Waals surface area contributed by atoms with Crippen molar-refractivity contribution in [2.75, 3.05) is 18.1 Å². The molecule has 1 aliphatic heterocycles. The van der Waals surface area contributed by atoms with Crippen molar-refractivity contribution in [3.63, 3.8) is 0 Å². The number of aliphatic hydroxyl groups excluding tert-OH is 1. The molecule has 1 aromatic heterocycles. The Labute approximate surface area is 221 Å². The molecule has 0 bridgehead atoms. The molecule has 2 aromatic carbocycles. The summed E-state index contributed by atoms with van der Waals surface area (Å²) in [6.07, 6.45) is 3.23. The zero-order chi connectivity index (χ0) is 27.2. The van der Waals surface area contributed by atoms with Crippen LogP contribution in [0.2, 0.25) is 0 Å². The van der Waals surface area contributed by atoms with Crippen LogP contribution in [-0.4, -0.2) is 41.0 Å². The van der Waals surface area contributed by atoms with Gasteiger partial charge in [-0.3, -0.25) is 24.3 Å².